The molecule has 0 aliphatic heterocycles. The number of H-pyrrole nitrogens is 1. The van der Waals surface area contributed by atoms with Gasteiger partial charge < -0.3 is 4.90 Å². The van der Waals surface area contributed by atoms with E-state index in [0.29, 0.717) is 10.8 Å². The van der Waals surface area contributed by atoms with Crippen molar-refractivity contribution < 1.29 is 0 Å². The van der Waals surface area contributed by atoms with Crippen LogP contribution in [0.5, 0.6) is 0 Å². The molecule has 0 aromatic carbocycles. The zero-order chi connectivity index (χ0) is 13.3. The van der Waals surface area contributed by atoms with Crippen LogP contribution in [0, 0.1) is 4.77 Å². The van der Waals surface area contributed by atoms with Crippen LogP contribution in [0.1, 0.15) is 24.8 Å². The van der Waals surface area contributed by atoms with Crippen LogP contribution in [0.3, 0.4) is 0 Å². The molecule has 0 fully saturated rings. The molecule has 4 nitrogen and oxygen atoms in total. The highest BCUT2D eigenvalue weighted by Gasteiger charge is 2.14. The lowest BCUT2D eigenvalue weighted by molar-refractivity contribution is 0.584. The van der Waals surface area contributed by atoms with Gasteiger partial charge in [-0.05, 0) is 48.1 Å². The third-order valence-electron chi connectivity index (χ3n) is 2.56. The Labute approximate surface area is 124 Å². The van der Waals surface area contributed by atoms with Crippen molar-refractivity contribution in [3.63, 3.8) is 0 Å². The lowest BCUT2D eigenvalue weighted by Crippen LogP contribution is -2.21. The first-order valence-electron chi connectivity index (χ1n) is 5.60. The van der Waals surface area contributed by atoms with Gasteiger partial charge in [-0.1, -0.05) is 0 Å². The second kappa shape index (κ2) is 5.54. The molecule has 0 saturated heterocycles. The van der Waals surface area contributed by atoms with E-state index in [4.69, 9.17) is 12.2 Å². The first-order chi connectivity index (χ1) is 8.49. The Balaban J connectivity index is 2.24. The summed E-state index contributed by atoms with van der Waals surface area (Å²) >= 11 is 10.5. The molecule has 0 bridgehead atoms. The fraction of sp³-hybridized carbons (Fsp3) is 0.455. The number of aromatic amines is 1. The lowest BCUT2D eigenvalue weighted by atomic mass is 10.4. The van der Waals surface area contributed by atoms with Crippen LogP contribution < -0.4 is 4.90 Å². The molecule has 0 unspecified atom stereocenters. The maximum absolute atomic E-state index is 5.25. The zero-order valence-corrected chi connectivity index (χ0v) is 13.7. The molecule has 98 valence electrons. The minimum atomic E-state index is 0.295. The molecule has 0 saturated carbocycles. The van der Waals surface area contributed by atoms with E-state index in [-0.39, 0.29) is 0 Å². The summed E-state index contributed by atoms with van der Waals surface area (Å²) in [7, 11) is 2.03. The molecule has 0 aliphatic rings. The van der Waals surface area contributed by atoms with Crippen molar-refractivity contribution in [2.24, 2.45) is 0 Å². The molecule has 7 heteroatoms. The molecule has 0 aliphatic carbocycles. The van der Waals surface area contributed by atoms with Crippen molar-refractivity contribution in [1.82, 2.24) is 14.8 Å². The fourth-order valence-electron chi connectivity index (χ4n) is 1.77. The van der Waals surface area contributed by atoms with E-state index in [9.17, 15) is 0 Å². The third kappa shape index (κ3) is 2.84. The first kappa shape index (κ1) is 13.8. The number of rotatable bonds is 4. The van der Waals surface area contributed by atoms with Crippen LogP contribution in [-0.2, 0) is 6.54 Å². The third-order valence-corrected chi connectivity index (χ3v) is 4.53. The normalized spacial score (nSPS) is 11.2. The van der Waals surface area contributed by atoms with Crippen LogP contribution in [0.25, 0.3) is 0 Å². The van der Waals surface area contributed by atoms with Crippen molar-refractivity contribution in [2.45, 2.75) is 26.4 Å². The van der Waals surface area contributed by atoms with Crippen LogP contribution in [0.4, 0.5) is 5.95 Å². The van der Waals surface area contributed by atoms with Crippen LogP contribution >= 0.6 is 39.5 Å². The van der Waals surface area contributed by atoms with Gasteiger partial charge in [0.2, 0.25) is 5.95 Å². The first-order valence-corrected chi connectivity index (χ1v) is 7.68. The number of halogens is 1. The highest BCUT2D eigenvalue weighted by Crippen LogP contribution is 2.23. The average molecular weight is 347 g/mol. The molecule has 18 heavy (non-hydrogen) atoms. The van der Waals surface area contributed by atoms with E-state index in [1.54, 1.807) is 11.3 Å². The van der Waals surface area contributed by atoms with Gasteiger partial charge in [-0.2, -0.15) is 0 Å². The Morgan fingerprint density at radius 3 is 2.89 bits per heavy atom. The molecule has 0 spiro atoms. The monoisotopic (exact) mass is 346 g/mol. The summed E-state index contributed by atoms with van der Waals surface area (Å²) < 4.78 is 3.82. The molecular weight excluding hydrogens is 332 g/mol. The van der Waals surface area contributed by atoms with Gasteiger partial charge in [-0.3, -0.25) is 4.57 Å². The van der Waals surface area contributed by atoms with Crippen LogP contribution in [0.2, 0.25) is 0 Å². The maximum atomic E-state index is 5.25. The minimum Gasteiger partial charge on any atom is -0.339 e. The lowest BCUT2D eigenvalue weighted by Gasteiger charge is -2.19. The van der Waals surface area contributed by atoms with Crippen molar-refractivity contribution in [3.8, 4) is 0 Å². The van der Waals surface area contributed by atoms with Gasteiger partial charge in [0.05, 0.1) is 6.54 Å². The second-order valence-electron chi connectivity index (χ2n) is 4.38. The van der Waals surface area contributed by atoms with Gasteiger partial charge in [0, 0.05) is 27.8 Å². The predicted molar refractivity (Wildman–Crippen MR) is 81.9 cm³/mol. The maximum Gasteiger partial charge on any atom is 0.226 e. The number of hydrogen-bond donors (Lipinski definition) is 1. The van der Waals surface area contributed by atoms with Crippen LogP contribution in [0.15, 0.2) is 15.9 Å². The largest absolute Gasteiger partial charge is 0.339 e. The van der Waals surface area contributed by atoms with Gasteiger partial charge in [0.25, 0.3) is 0 Å². The van der Waals surface area contributed by atoms with Gasteiger partial charge in [-0.15, -0.1) is 16.4 Å². The van der Waals surface area contributed by atoms with Crippen molar-refractivity contribution in [2.75, 3.05) is 11.9 Å². The number of nitrogens with one attached hydrogen (secondary N) is 1. The smallest absolute Gasteiger partial charge is 0.226 e. The summed E-state index contributed by atoms with van der Waals surface area (Å²) in [5, 5.41) is 9.25. The average Bonchev–Trinajstić information content (AvgIpc) is 2.84. The predicted octanol–water partition coefficient (Wildman–Crippen LogP) is 3.98. The standard InChI is InChI=1S/C11H15BrN4S2/c1-7(2)16-10(13-14-11(16)17)15(3)5-9-4-8(12)6-18-9/h4,6-7H,5H2,1-3H3,(H,14,17). The summed E-state index contributed by atoms with van der Waals surface area (Å²) in [4.78, 5) is 3.39. The van der Waals surface area contributed by atoms with E-state index in [0.717, 1.165) is 17.0 Å². The summed E-state index contributed by atoms with van der Waals surface area (Å²) in [5.41, 5.74) is 0. The number of aromatic nitrogens is 3. The number of hydrogen-bond acceptors (Lipinski definition) is 4. The fourth-order valence-corrected chi connectivity index (χ4v) is 3.61. The Hall–Kier alpha value is -0.660. The number of nitrogens with zero attached hydrogens (tertiary/aromatic N) is 3. The van der Waals surface area contributed by atoms with E-state index in [2.05, 4.69) is 56.3 Å². The van der Waals surface area contributed by atoms with Crippen molar-refractivity contribution >= 4 is 45.4 Å². The Bertz CT molecular complexity index is 584. The van der Waals surface area contributed by atoms with Gasteiger partial charge >= 0.3 is 0 Å². The highest BCUT2D eigenvalue weighted by atomic mass is 79.9. The van der Waals surface area contributed by atoms with E-state index in [1.165, 1.54) is 4.88 Å². The molecule has 0 amide bonds. The summed E-state index contributed by atoms with van der Waals surface area (Å²) in [6.07, 6.45) is 0. The van der Waals surface area contributed by atoms with E-state index in [1.807, 2.05) is 11.6 Å². The number of thiophene rings is 1. The number of anilines is 1. The SMILES string of the molecule is CC(C)n1c(N(C)Cc2cc(Br)cs2)n[nH]c1=S. The van der Waals surface area contributed by atoms with Crippen molar-refractivity contribution in [3.05, 3.63) is 25.6 Å². The molecule has 1 N–H and O–H groups in total. The summed E-state index contributed by atoms with van der Waals surface area (Å²) in [5.74, 6) is 0.875. The van der Waals surface area contributed by atoms with E-state index >= 15 is 0 Å². The van der Waals surface area contributed by atoms with Crippen LogP contribution in [-0.4, -0.2) is 21.8 Å². The topological polar surface area (TPSA) is 36.9 Å². The van der Waals surface area contributed by atoms with Gasteiger partial charge in [-0.25, -0.2) is 5.10 Å². The van der Waals surface area contributed by atoms with Gasteiger partial charge in [0.15, 0.2) is 4.77 Å². The molecule has 2 rings (SSSR count). The van der Waals surface area contributed by atoms with Crippen molar-refractivity contribution in [1.29, 1.82) is 0 Å². The Morgan fingerprint density at radius 1 is 1.61 bits per heavy atom. The molecule has 2 heterocycles. The van der Waals surface area contributed by atoms with Gasteiger partial charge in [0.1, 0.15) is 0 Å². The van der Waals surface area contributed by atoms with E-state index < -0.39 is 0 Å². The minimum absolute atomic E-state index is 0.295. The molecular formula is C11H15BrN4S2. The summed E-state index contributed by atoms with van der Waals surface area (Å²) in [6.45, 7) is 5.03. The molecule has 2 aromatic rings. The molecule has 0 radical (unpaired) electrons. The Kier molecular flexibility index (Phi) is 4.24. The highest BCUT2D eigenvalue weighted by molar-refractivity contribution is 9.10. The Morgan fingerprint density at radius 2 is 2.33 bits per heavy atom. The zero-order valence-electron chi connectivity index (χ0n) is 10.5. The second-order valence-corrected chi connectivity index (χ2v) is 6.68. The quantitative estimate of drug-likeness (QED) is 0.850. The molecule has 0 atom stereocenters. The summed E-state index contributed by atoms with van der Waals surface area (Å²) in [6, 6.07) is 2.42. The molecule has 2 aromatic heterocycles.